The number of thiazole rings is 1. The number of benzene rings is 2. The van der Waals surface area contributed by atoms with Crippen molar-refractivity contribution >= 4 is 28.8 Å². The molecule has 1 aromatic heterocycles. The Bertz CT molecular complexity index is 1570. The first-order chi connectivity index (χ1) is 22.4. The van der Waals surface area contributed by atoms with Gasteiger partial charge in [-0.2, -0.15) is 0 Å². The molecular formula is C35H46FN5O5S. The molecule has 3 aromatic rings. The van der Waals surface area contributed by atoms with Crippen LogP contribution in [0.1, 0.15) is 83.4 Å². The number of aromatic hydroxyl groups is 1. The molecule has 0 saturated carbocycles. The number of phenolic OH excluding ortho intramolecular Hbond substituents is 1. The van der Waals surface area contributed by atoms with Gasteiger partial charge in [-0.05, 0) is 67.1 Å². The number of aliphatic hydroxyl groups excluding tert-OH is 1. The molecule has 4 N–H and O–H groups in total. The van der Waals surface area contributed by atoms with Crippen molar-refractivity contribution in [2.45, 2.75) is 71.1 Å². The molecule has 12 heteroatoms. The predicted octanol–water partition coefficient (Wildman–Crippen LogP) is 4.75. The van der Waals surface area contributed by atoms with Crippen LogP contribution in [0.5, 0.6) is 5.75 Å². The Morgan fingerprint density at radius 3 is 2.64 bits per heavy atom. The number of carbonyl (C=O) groups excluding carboxylic acids is 2. The maximum atomic E-state index is 14.7. The molecule has 0 aliphatic carbocycles. The van der Waals surface area contributed by atoms with Crippen molar-refractivity contribution in [2.24, 2.45) is 0 Å². The number of rotatable bonds is 11. The molecule has 5 rings (SSSR count). The fourth-order valence-corrected chi connectivity index (χ4v) is 7.22. The molecule has 2 saturated heterocycles. The number of halogens is 1. The summed E-state index contributed by atoms with van der Waals surface area (Å²) in [5.74, 6) is -0.359. The molecule has 0 unspecified atom stereocenters. The van der Waals surface area contributed by atoms with Crippen LogP contribution in [0, 0.1) is 12.7 Å². The van der Waals surface area contributed by atoms with Crippen LogP contribution < -0.4 is 10.6 Å². The number of anilines is 1. The number of aromatic nitrogens is 1. The SMILES string of the molecule is CC(=O)Nc1c(O)ccc([C@@H](O)CNCCc2cc(CN3CCC4(CC3)CN(C(=O)c3csc(C(C)C)n3)CCO4)ccc2F)c1C. The second kappa shape index (κ2) is 15.2. The summed E-state index contributed by atoms with van der Waals surface area (Å²) in [6.07, 6.45) is 1.22. The fourth-order valence-electron chi connectivity index (χ4n) is 6.41. The Hall–Kier alpha value is -3.42. The maximum Gasteiger partial charge on any atom is 0.273 e. The van der Waals surface area contributed by atoms with Gasteiger partial charge in [0, 0.05) is 50.9 Å². The van der Waals surface area contributed by atoms with E-state index in [-0.39, 0.29) is 41.2 Å². The van der Waals surface area contributed by atoms with Crippen molar-refractivity contribution in [2.75, 3.05) is 51.2 Å². The summed E-state index contributed by atoms with van der Waals surface area (Å²) >= 11 is 1.54. The van der Waals surface area contributed by atoms with Crippen LogP contribution in [0.4, 0.5) is 10.1 Å². The normalized spacial score (nSPS) is 17.3. The Kier molecular flexibility index (Phi) is 11.3. The molecule has 10 nitrogen and oxygen atoms in total. The van der Waals surface area contributed by atoms with E-state index in [1.807, 2.05) is 22.4 Å². The first-order valence-electron chi connectivity index (χ1n) is 16.3. The van der Waals surface area contributed by atoms with Crippen LogP contribution in [0.2, 0.25) is 0 Å². The van der Waals surface area contributed by atoms with Gasteiger partial charge >= 0.3 is 0 Å². The highest BCUT2D eigenvalue weighted by Gasteiger charge is 2.41. The van der Waals surface area contributed by atoms with Gasteiger partial charge in [-0.15, -0.1) is 11.3 Å². The molecule has 2 amide bonds. The molecule has 2 aliphatic heterocycles. The van der Waals surface area contributed by atoms with Gasteiger partial charge in [0.05, 0.1) is 35.6 Å². The average molecular weight is 668 g/mol. The van der Waals surface area contributed by atoms with E-state index in [0.29, 0.717) is 67.5 Å². The number of phenols is 1. The molecular weight excluding hydrogens is 621 g/mol. The molecule has 1 atom stereocenters. The third-order valence-electron chi connectivity index (χ3n) is 9.11. The van der Waals surface area contributed by atoms with Crippen LogP contribution >= 0.6 is 11.3 Å². The number of hydrogen-bond donors (Lipinski definition) is 4. The highest BCUT2D eigenvalue weighted by Crippen LogP contribution is 2.33. The molecule has 1 spiro atoms. The first-order valence-corrected chi connectivity index (χ1v) is 17.2. The monoisotopic (exact) mass is 667 g/mol. The summed E-state index contributed by atoms with van der Waals surface area (Å²) in [6, 6.07) is 8.35. The Morgan fingerprint density at radius 1 is 1.17 bits per heavy atom. The van der Waals surface area contributed by atoms with Gasteiger partial charge in [0.1, 0.15) is 17.3 Å². The molecule has 47 heavy (non-hydrogen) atoms. The Morgan fingerprint density at radius 2 is 1.94 bits per heavy atom. The maximum absolute atomic E-state index is 14.7. The molecule has 0 bridgehead atoms. The zero-order valence-corrected chi connectivity index (χ0v) is 28.5. The third-order valence-corrected chi connectivity index (χ3v) is 10.3. The minimum absolute atomic E-state index is 0.0207. The van der Waals surface area contributed by atoms with Gasteiger partial charge in [0.2, 0.25) is 5.91 Å². The lowest BCUT2D eigenvalue weighted by molar-refractivity contribution is -0.128. The van der Waals surface area contributed by atoms with Crippen LogP contribution in [-0.2, 0) is 22.5 Å². The molecule has 3 heterocycles. The summed E-state index contributed by atoms with van der Waals surface area (Å²) in [6.45, 7) is 12.0. The standard InChI is InChI=1S/C35H46FN5O5S/c1-22(2)33-39-29(20-47-33)34(45)41-15-16-46-35(21-41)10-13-40(14-11-35)19-25-5-7-28(36)26(17-25)9-12-37-18-31(44)27-6-8-30(43)32(23(27)3)38-24(4)42/h5-8,17,20,22,31,37,43-44H,9-16,18-19,21H2,1-4H3,(H,38,42)/t31-/m0/s1. The second-order valence-corrected chi connectivity index (χ2v) is 13.9. The Balaban J connectivity index is 1.10. The number of morpholine rings is 1. The number of nitrogens with zero attached hydrogens (tertiary/aromatic N) is 3. The van der Waals surface area contributed by atoms with E-state index in [0.717, 1.165) is 36.5 Å². The van der Waals surface area contributed by atoms with Crippen molar-refractivity contribution in [1.82, 2.24) is 20.1 Å². The van der Waals surface area contributed by atoms with Crippen LogP contribution in [0.3, 0.4) is 0 Å². The highest BCUT2D eigenvalue weighted by molar-refractivity contribution is 7.09. The topological polar surface area (TPSA) is 127 Å². The summed E-state index contributed by atoms with van der Waals surface area (Å²) in [5, 5.41) is 29.5. The summed E-state index contributed by atoms with van der Waals surface area (Å²) in [5.41, 5.74) is 3.29. The van der Waals surface area contributed by atoms with Crippen molar-refractivity contribution in [3.05, 3.63) is 74.5 Å². The average Bonchev–Trinajstić information content (AvgIpc) is 3.54. The number of amides is 2. The van der Waals surface area contributed by atoms with E-state index in [2.05, 4.69) is 34.4 Å². The van der Waals surface area contributed by atoms with Crippen molar-refractivity contribution in [1.29, 1.82) is 0 Å². The van der Waals surface area contributed by atoms with Gasteiger partial charge in [-0.25, -0.2) is 9.37 Å². The van der Waals surface area contributed by atoms with Gasteiger partial charge in [0.15, 0.2) is 0 Å². The van der Waals surface area contributed by atoms with Crippen molar-refractivity contribution < 1.29 is 28.9 Å². The summed E-state index contributed by atoms with van der Waals surface area (Å²) in [4.78, 5) is 33.6. The lowest BCUT2D eigenvalue weighted by Gasteiger charge is -2.47. The van der Waals surface area contributed by atoms with Gasteiger partial charge in [-0.1, -0.05) is 32.0 Å². The quantitative estimate of drug-likeness (QED) is 0.171. The van der Waals surface area contributed by atoms with E-state index in [1.165, 1.54) is 30.4 Å². The fraction of sp³-hybridized carbons (Fsp3) is 0.514. The Labute approximate surface area is 280 Å². The molecule has 254 valence electrons. The zero-order chi connectivity index (χ0) is 33.7. The van der Waals surface area contributed by atoms with E-state index in [4.69, 9.17) is 4.74 Å². The minimum Gasteiger partial charge on any atom is -0.506 e. The van der Waals surface area contributed by atoms with Gasteiger partial charge in [0.25, 0.3) is 5.91 Å². The minimum atomic E-state index is -0.870. The first kappa shape index (κ1) is 34.9. The summed E-state index contributed by atoms with van der Waals surface area (Å²) < 4.78 is 21.0. The van der Waals surface area contributed by atoms with Crippen molar-refractivity contribution in [3.8, 4) is 5.75 Å². The van der Waals surface area contributed by atoms with Crippen LogP contribution in [0.15, 0.2) is 35.7 Å². The number of likely N-dealkylation sites (tertiary alicyclic amines) is 1. The zero-order valence-electron chi connectivity index (χ0n) is 27.6. The number of aliphatic hydroxyl groups is 1. The van der Waals surface area contributed by atoms with Crippen LogP contribution in [0.25, 0.3) is 0 Å². The highest BCUT2D eigenvalue weighted by atomic mass is 32.1. The molecule has 2 fully saturated rings. The van der Waals surface area contributed by atoms with Gasteiger partial charge in [-0.3, -0.25) is 14.5 Å². The van der Waals surface area contributed by atoms with Gasteiger partial charge < -0.3 is 30.5 Å². The van der Waals surface area contributed by atoms with Crippen molar-refractivity contribution in [3.63, 3.8) is 0 Å². The lowest BCUT2D eigenvalue weighted by Crippen LogP contribution is -2.58. The van der Waals surface area contributed by atoms with E-state index in [9.17, 15) is 24.2 Å². The smallest absolute Gasteiger partial charge is 0.273 e. The largest absolute Gasteiger partial charge is 0.506 e. The summed E-state index contributed by atoms with van der Waals surface area (Å²) in [7, 11) is 0. The number of ether oxygens (including phenoxy) is 1. The van der Waals surface area contributed by atoms with Crippen LogP contribution in [-0.4, -0.2) is 88.3 Å². The molecule has 0 radical (unpaired) electrons. The number of nitrogens with one attached hydrogen (secondary N) is 2. The number of carbonyl (C=O) groups is 2. The second-order valence-electron chi connectivity index (χ2n) is 13.0. The lowest BCUT2D eigenvalue weighted by atomic mass is 9.89. The van der Waals surface area contributed by atoms with E-state index in [1.54, 1.807) is 13.0 Å². The molecule has 2 aliphatic rings. The predicted molar refractivity (Wildman–Crippen MR) is 180 cm³/mol. The molecule has 2 aromatic carbocycles. The van der Waals surface area contributed by atoms with E-state index >= 15 is 0 Å². The third kappa shape index (κ3) is 8.55. The number of hydrogen-bond acceptors (Lipinski definition) is 9. The van der Waals surface area contributed by atoms with E-state index < -0.39 is 6.10 Å². The number of piperidine rings is 1.